The molecule has 0 saturated carbocycles. The van der Waals surface area contributed by atoms with Crippen molar-refractivity contribution in [2.24, 2.45) is 0 Å². The first kappa shape index (κ1) is 19.3. The van der Waals surface area contributed by atoms with Crippen molar-refractivity contribution in [2.75, 3.05) is 19.0 Å². The van der Waals surface area contributed by atoms with Gasteiger partial charge in [-0.15, -0.1) is 0 Å². The zero-order valence-corrected chi connectivity index (χ0v) is 16.6. The Labute approximate surface area is 162 Å². The summed E-state index contributed by atoms with van der Waals surface area (Å²) in [7, 11) is 1.84. The van der Waals surface area contributed by atoms with E-state index in [-0.39, 0.29) is 5.91 Å². The van der Waals surface area contributed by atoms with Gasteiger partial charge in [0.15, 0.2) is 0 Å². The predicted octanol–water partition coefficient (Wildman–Crippen LogP) is 5.41. The lowest BCUT2D eigenvalue weighted by atomic mass is 9.94. The van der Waals surface area contributed by atoms with Gasteiger partial charge in [-0.3, -0.25) is 4.79 Å². The molecule has 1 amide bonds. The summed E-state index contributed by atoms with van der Waals surface area (Å²) in [4.78, 5) is 14.6. The van der Waals surface area contributed by atoms with E-state index in [0.717, 1.165) is 30.0 Å². The molecular weight excluding hydrogens is 336 g/mol. The number of hydrogen-bond acceptors (Lipinski definition) is 3. The Kier molecular flexibility index (Phi) is 6.04. The lowest BCUT2D eigenvalue weighted by molar-refractivity contribution is 0.0615. The van der Waals surface area contributed by atoms with Crippen molar-refractivity contribution in [3.05, 3.63) is 59.7 Å². The number of unbranched alkanes of at least 4 members (excludes halogenated alkanes) is 4. The minimum atomic E-state index is -0.619. The highest BCUT2D eigenvalue weighted by Crippen LogP contribution is 2.37. The number of benzene rings is 2. The van der Waals surface area contributed by atoms with E-state index in [2.05, 4.69) is 12.2 Å². The van der Waals surface area contributed by atoms with E-state index < -0.39 is 5.66 Å². The first-order chi connectivity index (χ1) is 13.1. The first-order valence-corrected chi connectivity index (χ1v) is 9.95. The van der Waals surface area contributed by atoms with Crippen molar-refractivity contribution in [1.29, 1.82) is 0 Å². The molecule has 1 aliphatic rings. The SMILES string of the molecule is CCCCCCCOc1cccc(C2(C)Nc3ccccc3C(=O)N2C)c1. The van der Waals surface area contributed by atoms with Crippen molar-refractivity contribution in [2.45, 2.75) is 51.6 Å². The fraction of sp³-hybridized carbons (Fsp3) is 0.435. The summed E-state index contributed by atoms with van der Waals surface area (Å²) < 4.78 is 5.96. The Morgan fingerprint density at radius 1 is 1.04 bits per heavy atom. The number of nitrogens with one attached hydrogen (secondary N) is 1. The van der Waals surface area contributed by atoms with E-state index in [1.807, 2.05) is 62.5 Å². The number of amides is 1. The molecule has 1 aliphatic heterocycles. The summed E-state index contributed by atoms with van der Waals surface area (Å²) in [5.41, 5.74) is 1.96. The fourth-order valence-corrected chi connectivity index (χ4v) is 3.56. The number of nitrogens with zero attached hydrogens (tertiary/aromatic N) is 1. The number of fused-ring (bicyclic) bond motifs is 1. The quantitative estimate of drug-likeness (QED) is 0.636. The molecule has 27 heavy (non-hydrogen) atoms. The lowest BCUT2D eigenvalue weighted by Gasteiger charge is -2.44. The number of para-hydroxylation sites is 1. The molecule has 0 spiro atoms. The number of anilines is 1. The van der Waals surface area contributed by atoms with Crippen molar-refractivity contribution < 1.29 is 9.53 Å². The maximum absolute atomic E-state index is 12.8. The highest BCUT2D eigenvalue weighted by atomic mass is 16.5. The average molecular weight is 367 g/mol. The number of ether oxygens (including phenoxy) is 1. The Bertz CT molecular complexity index is 789. The Morgan fingerprint density at radius 2 is 1.81 bits per heavy atom. The maximum atomic E-state index is 12.8. The molecule has 2 aromatic rings. The molecule has 2 aromatic carbocycles. The van der Waals surface area contributed by atoms with Gasteiger partial charge in [0, 0.05) is 18.3 Å². The molecule has 1 heterocycles. The van der Waals surface area contributed by atoms with E-state index in [4.69, 9.17) is 4.74 Å². The van der Waals surface area contributed by atoms with Crippen LogP contribution in [0.4, 0.5) is 5.69 Å². The van der Waals surface area contributed by atoms with Crippen LogP contribution in [0.3, 0.4) is 0 Å². The number of carbonyl (C=O) groups excluding carboxylic acids is 1. The molecule has 1 unspecified atom stereocenters. The molecule has 4 nitrogen and oxygen atoms in total. The summed E-state index contributed by atoms with van der Waals surface area (Å²) >= 11 is 0. The summed E-state index contributed by atoms with van der Waals surface area (Å²) in [6.45, 7) is 4.99. The molecule has 1 N–H and O–H groups in total. The summed E-state index contributed by atoms with van der Waals surface area (Å²) in [5, 5.41) is 3.54. The van der Waals surface area contributed by atoms with Gasteiger partial charge in [-0.2, -0.15) is 0 Å². The third-order valence-electron chi connectivity index (χ3n) is 5.42. The molecule has 0 bridgehead atoms. The van der Waals surface area contributed by atoms with E-state index in [1.165, 1.54) is 25.7 Å². The van der Waals surface area contributed by atoms with E-state index in [9.17, 15) is 4.79 Å². The van der Waals surface area contributed by atoms with Crippen LogP contribution in [0.2, 0.25) is 0 Å². The van der Waals surface area contributed by atoms with Crippen molar-refractivity contribution in [3.63, 3.8) is 0 Å². The molecule has 0 radical (unpaired) electrons. The van der Waals surface area contributed by atoms with Gasteiger partial charge in [-0.25, -0.2) is 0 Å². The normalized spacial score (nSPS) is 18.8. The summed E-state index contributed by atoms with van der Waals surface area (Å²) in [6.07, 6.45) is 6.10. The van der Waals surface area contributed by atoms with Crippen LogP contribution in [-0.4, -0.2) is 24.5 Å². The zero-order chi connectivity index (χ0) is 19.3. The van der Waals surface area contributed by atoms with Gasteiger partial charge >= 0.3 is 0 Å². The second-order valence-electron chi connectivity index (χ2n) is 7.40. The Balaban J connectivity index is 1.73. The molecule has 0 aliphatic carbocycles. The molecule has 1 atom stereocenters. The van der Waals surface area contributed by atoms with Crippen LogP contribution >= 0.6 is 0 Å². The van der Waals surface area contributed by atoms with Crippen LogP contribution in [0.25, 0.3) is 0 Å². The van der Waals surface area contributed by atoms with Crippen LogP contribution in [0.1, 0.15) is 61.9 Å². The van der Waals surface area contributed by atoms with Gasteiger partial charge in [-0.05, 0) is 37.6 Å². The topological polar surface area (TPSA) is 41.6 Å². The monoisotopic (exact) mass is 366 g/mol. The number of rotatable bonds is 8. The van der Waals surface area contributed by atoms with E-state index in [1.54, 1.807) is 4.90 Å². The van der Waals surface area contributed by atoms with Crippen LogP contribution in [0.5, 0.6) is 5.75 Å². The van der Waals surface area contributed by atoms with E-state index >= 15 is 0 Å². The second kappa shape index (κ2) is 8.47. The maximum Gasteiger partial charge on any atom is 0.257 e. The van der Waals surface area contributed by atoms with Gasteiger partial charge in [0.1, 0.15) is 11.4 Å². The Morgan fingerprint density at radius 3 is 2.63 bits per heavy atom. The molecule has 144 valence electrons. The first-order valence-electron chi connectivity index (χ1n) is 9.95. The van der Waals surface area contributed by atoms with Crippen LogP contribution in [0.15, 0.2) is 48.5 Å². The molecule has 3 rings (SSSR count). The predicted molar refractivity (Wildman–Crippen MR) is 110 cm³/mol. The summed E-state index contributed by atoms with van der Waals surface area (Å²) in [6, 6.07) is 15.7. The van der Waals surface area contributed by atoms with Gasteiger partial charge in [-0.1, -0.05) is 56.9 Å². The molecule has 0 fully saturated rings. The number of hydrogen-bond donors (Lipinski definition) is 1. The molecular formula is C23H30N2O2. The highest BCUT2D eigenvalue weighted by Gasteiger charge is 2.40. The highest BCUT2D eigenvalue weighted by molar-refractivity contribution is 6.02. The van der Waals surface area contributed by atoms with Gasteiger partial charge in [0.05, 0.1) is 12.2 Å². The standard InChI is InChI=1S/C23H30N2O2/c1-4-5-6-7-10-16-27-19-13-11-12-18(17-19)23(2)24-21-15-9-8-14-20(21)22(26)25(23)3/h8-9,11-15,17,24H,4-7,10,16H2,1-3H3. The van der Waals surface area contributed by atoms with Crippen molar-refractivity contribution in [1.82, 2.24) is 4.90 Å². The van der Waals surface area contributed by atoms with E-state index in [0.29, 0.717) is 5.56 Å². The molecule has 0 saturated heterocycles. The second-order valence-corrected chi connectivity index (χ2v) is 7.40. The van der Waals surface area contributed by atoms with Crippen molar-refractivity contribution in [3.8, 4) is 5.75 Å². The van der Waals surface area contributed by atoms with Gasteiger partial charge < -0.3 is 15.0 Å². The zero-order valence-electron chi connectivity index (χ0n) is 16.6. The molecule has 0 aromatic heterocycles. The lowest BCUT2D eigenvalue weighted by Crippen LogP contribution is -2.53. The van der Waals surface area contributed by atoms with Crippen LogP contribution in [0, 0.1) is 0 Å². The van der Waals surface area contributed by atoms with Gasteiger partial charge in [0.25, 0.3) is 5.91 Å². The van der Waals surface area contributed by atoms with Crippen LogP contribution < -0.4 is 10.1 Å². The third-order valence-corrected chi connectivity index (χ3v) is 5.42. The van der Waals surface area contributed by atoms with Crippen molar-refractivity contribution >= 4 is 11.6 Å². The third kappa shape index (κ3) is 4.10. The fourth-order valence-electron chi connectivity index (χ4n) is 3.56. The van der Waals surface area contributed by atoms with Crippen LogP contribution in [-0.2, 0) is 5.66 Å². The minimum Gasteiger partial charge on any atom is -0.494 e. The summed E-state index contributed by atoms with van der Waals surface area (Å²) in [5.74, 6) is 0.875. The number of carbonyl (C=O) groups is 1. The van der Waals surface area contributed by atoms with Gasteiger partial charge in [0.2, 0.25) is 0 Å². The molecule has 4 heteroatoms. The Hall–Kier alpha value is -2.49. The average Bonchev–Trinajstić information content (AvgIpc) is 2.69. The minimum absolute atomic E-state index is 0.0223. The largest absolute Gasteiger partial charge is 0.494 e. The smallest absolute Gasteiger partial charge is 0.257 e.